The first-order valence-electron chi connectivity index (χ1n) is 6.14. The summed E-state index contributed by atoms with van der Waals surface area (Å²) in [7, 11) is 1.48. The second-order valence-corrected chi connectivity index (χ2v) is 4.32. The van der Waals surface area contributed by atoms with E-state index in [1.807, 2.05) is 6.07 Å². The van der Waals surface area contributed by atoms with Crippen LogP contribution < -0.4 is 16.4 Å². The summed E-state index contributed by atoms with van der Waals surface area (Å²) in [6.45, 7) is 0. The zero-order valence-corrected chi connectivity index (χ0v) is 11.1. The molecular formula is C13H19F3N3O+. The van der Waals surface area contributed by atoms with Crippen LogP contribution in [0.2, 0.25) is 0 Å². The average Bonchev–Trinajstić information content (AvgIpc) is 2.39. The average molecular weight is 290 g/mol. The van der Waals surface area contributed by atoms with Crippen molar-refractivity contribution in [3.8, 4) is 0 Å². The highest BCUT2D eigenvalue weighted by atomic mass is 19.4. The Morgan fingerprint density at radius 1 is 1.35 bits per heavy atom. The fourth-order valence-electron chi connectivity index (χ4n) is 1.70. The predicted molar refractivity (Wildman–Crippen MR) is 69.6 cm³/mol. The van der Waals surface area contributed by atoms with Crippen LogP contribution in [0.25, 0.3) is 0 Å². The lowest BCUT2D eigenvalue weighted by Crippen LogP contribution is -2.85. The number of aliphatic hydroxyl groups excluding tert-OH is 1. The molecule has 7 heteroatoms. The summed E-state index contributed by atoms with van der Waals surface area (Å²) < 4.78 is 36.6. The van der Waals surface area contributed by atoms with Gasteiger partial charge in [0.1, 0.15) is 11.4 Å². The fourth-order valence-corrected chi connectivity index (χ4v) is 1.70. The number of hydrogen-bond donors (Lipinski definition) is 4. The van der Waals surface area contributed by atoms with Crippen molar-refractivity contribution in [2.75, 3.05) is 7.05 Å². The molecule has 0 radical (unpaired) electrons. The molecule has 0 saturated carbocycles. The van der Waals surface area contributed by atoms with Crippen LogP contribution in [0.15, 0.2) is 41.7 Å². The van der Waals surface area contributed by atoms with Gasteiger partial charge in [0.2, 0.25) is 6.23 Å². The van der Waals surface area contributed by atoms with E-state index in [0.29, 0.717) is 0 Å². The molecule has 1 unspecified atom stereocenters. The summed E-state index contributed by atoms with van der Waals surface area (Å²) in [5.74, 6) is 0. The summed E-state index contributed by atoms with van der Waals surface area (Å²) in [6.07, 6.45) is -6.66. The fraction of sp³-hybridized carbons (Fsp3) is 0.385. The highest BCUT2D eigenvalue weighted by Crippen LogP contribution is 2.23. The third kappa shape index (κ3) is 5.50. The van der Waals surface area contributed by atoms with Crippen LogP contribution in [0, 0.1) is 0 Å². The lowest BCUT2D eigenvalue weighted by atomic mass is 10.1. The van der Waals surface area contributed by atoms with E-state index < -0.39 is 18.8 Å². The smallest absolute Gasteiger partial charge is 0.389 e. The monoisotopic (exact) mass is 290 g/mol. The molecule has 0 fully saturated rings. The molecule has 1 aromatic rings. The number of nitrogens with one attached hydrogen (secondary N) is 1. The molecule has 0 saturated heterocycles. The van der Waals surface area contributed by atoms with Crippen LogP contribution in [0.5, 0.6) is 0 Å². The van der Waals surface area contributed by atoms with E-state index in [1.165, 1.54) is 12.4 Å². The van der Waals surface area contributed by atoms with Gasteiger partial charge in [-0.2, -0.15) is 13.2 Å². The molecule has 1 rings (SSSR count). The zero-order valence-electron chi connectivity index (χ0n) is 11.1. The van der Waals surface area contributed by atoms with Crippen LogP contribution >= 0.6 is 0 Å². The highest BCUT2D eigenvalue weighted by molar-refractivity contribution is 5.27. The summed E-state index contributed by atoms with van der Waals surface area (Å²) in [6, 6.07) is 8.95. The largest absolute Gasteiger partial charge is 0.394 e. The van der Waals surface area contributed by atoms with Crippen molar-refractivity contribution in [2.24, 2.45) is 5.73 Å². The van der Waals surface area contributed by atoms with E-state index in [-0.39, 0.29) is 17.8 Å². The van der Waals surface area contributed by atoms with Gasteiger partial charge in [-0.15, -0.1) is 0 Å². The van der Waals surface area contributed by atoms with Gasteiger partial charge in [0.05, 0.1) is 0 Å². The first-order valence-corrected chi connectivity index (χ1v) is 6.14. The number of para-hydroxylation sites is 1. The Hall–Kier alpha value is -1.73. The van der Waals surface area contributed by atoms with Gasteiger partial charge in [0.15, 0.2) is 0 Å². The number of rotatable bonds is 6. The lowest BCUT2D eigenvalue weighted by Gasteiger charge is -2.16. The Kier molecular flexibility index (Phi) is 5.84. The zero-order chi connectivity index (χ0) is 15.2. The number of alkyl halides is 3. The van der Waals surface area contributed by atoms with Crippen molar-refractivity contribution in [3.05, 3.63) is 41.7 Å². The third-order valence-corrected chi connectivity index (χ3v) is 2.78. The number of quaternary nitrogens is 1. The van der Waals surface area contributed by atoms with Crippen LogP contribution in [-0.2, 0) is 0 Å². The van der Waals surface area contributed by atoms with Gasteiger partial charge in [-0.05, 0) is 18.6 Å². The number of halogens is 3. The Bertz CT molecular complexity index is 446. The molecule has 6 N–H and O–H groups in total. The van der Waals surface area contributed by atoms with Crippen molar-refractivity contribution in [3.63, 3.8) is 0 Å². The van der Waals surface area contributed by atoms with Gasteiger partial charge >= 0.3 is 6.18 Å². The van der Waals surface area contributed by atoms with E-state index in [9.17, 15) is 18.3 Å². The molecule has 0 amide bonds. The minimum Gasteiger partial charge on any atom is -0.394 e. The predicted octanol–water partition coefficient (Wildman–Crippen LogP) is 0.932. The van der Waals surface area contributed by atoms with Crippen molar-refractivity contribution >= 4 is 5.69 Å². The normalized spacial score (nSPS) is 14.7. The van der Waals surface area contributed by atoms with Crippen molar-refractivity contribution in [2.45, 2.75) is 25.2 Å². The van der Waals surface area contributed by atoms with E-state index >= 15 is 0 Å². The van der Waals surface area contributed by atoms with Crippen LogP contribution in [-0.4, -0.2) is 24.6 Å². The number of hydrogen-bond acceptors (Lipinski definition) is 3. The highest BCUT2D eigenvalue weighted by Gasteiger charge is 2.28. The molecular weight excluding hydrogens is 271 g/mol. The van der Waals surface area contributed by atoms with Gasteiger partial charge in [-0.25, -0.2) is 0 Å². The number of aliphatic hydroxyl groups is 1. The number of benzene rings is 1. The minimum absolute atomic E-state index is 0.000558. The summed E-state index contributed by atoms with van der Waals surface area (Å²) >= 11 is 0. The molecule has 0 heterocycles. The maximum atomic E-state index is 12.2. The molecule has 0 aromatic heterocycles. The molecule has 112 valence electrons. The quantitative estimate of drug-likeness (QED) is 0.465. The lowest BCUT2D eigenvalue weighted by molar-refractivity contribution is -0.642. The van der Waals surface area contributed by atoms with E-state index in [4.69, 9.17) is 5.73 Å². The Labute approximate surface area is 115 Å². The third-order valence-electron chi connectivity index (χ3n) is 2.78. The Morgan fingerprint density at radius 3 is 2.45 bits per heavy atom. The van der Waals surface area contributed by atoms with E-state index in [1.54, 1.807) is 24.3 Å². The maximum Gasteiger partial charge on any atom is 0.389 e. The second-order valence-electron chi connectivity index (χ2n) is 4.32. The number of allylic oxidation sites excluding steroid dienone is 1. The molecule has 4 nitrogen and oxygen atoms in total. The molecule has 0 spiro atoms. The van der Waals surface area contributed by atoms with Crippen molar-refractivity contribution in [1.29, 1.82) is 0 Å². The molecule has 1 aromatic carbocycles. The summed E-state index contributed by atoms with van der Waals surface area (Å²) in [5, 5.41) is 14.0. The molecule has 0 aliphatic heterocycles. The molecule has 1 atom stereocenters. The number of nitrogens with two attached hydrogens (primary N) is 2. The first kappa shape index (κ1) is 16.3. The SMILES string of the molecule is CNC(CCC(F)(F)F)=C(N)C(O)[NH2+]c1ccccc1. The van der Waals surface area contributed by atoms with Gasteiger partial charge in [0.25, 0.3) is 0 Å². The van der Waals surface area contributed by atoms with E-state index in [2.05, 4.69) is 5.32 Å². The van der Waals surface area contributed by atoms with Crippen LogP contribution in [0.4, 0.5) is 18.9 Å². The Morgan fingerprint density at radius 2 is 1.95 bits per heavy atom. The van der Waals surface area contributed by atoms with Crippen LogP contribution in [0.1, 0.15) is 12.8 Å². The molecule has 0 aliphatic rings. The van der Waals surface area contributed by atoms with Crippen LogP contribution in [0.3, 0.4) is 0 Å². The minimum atomic E-state index is -4.25. The van der Waals surface area contributed by atoms with E-state index in [0.717, 1.165) is 5.69 Å². The maximum absolute atomic E-state index is 12.2. The van der Waals surface area contributed by atoms with Gasteiger partial charge < -0.3 is 16.2 Å². The summed E-state index contributed by atoms with van der Waals surface area (Å²) in [4.78, 5) is 0. The van der Waals surface area contributed by atoms with Crippen molar-refractivity contribution < 1.29 is 23.6 Å². The van der Waals surface area contributed by atoms with Crippen molar-refractivity contribution in [1.82, 2.24) is 5.32 Å². The topological polar surface area (TPSA) is 74.9 Å². The molecule has 20 heavy (non-hydrogen) atoms. The Balaban J connectivity index is 2.72. The molecule has 0 bridgehead atoms. The van der Waals surface area contributed by atoms with Gasteiger partial charge in [-0.3, -0.25) is 5.32 Å². The summed E-state index contributed by atoms with van der Waals surface area (Å²) in [5.41, 5.74) is 6.66. The first-order chi connectivity index (χ1) is 9.33. The van der Waals surface area contributed by atoms with Gasteiger partial charge in [0, 0.05) is 19.2 Å². The van der Waals surface area contributed by atoms with Gasteiger partial charge in [-0.1, -0.05) is 18.2 Å². The molecule has 0 aliphatic carbocycles. The second kappa shape index (κ2) is 7.16. The standard InChI is InChI=1S/C13H18F3N3O/c1-18-10(7-8-13(14,15)16)11(17)12(20)19-9-5-3-2-4-6-9/h2-6,12,18-20H,7-8,17H2,1H3/p+1.